The summed E-state index contributed by atoms with van der Waals surface area (Å²) in [6.07, 6.45) is 0.714. The average molecular weight is 435 g/mol. The normalized spacial score (nSPS) is 11.9. The molecule has 0 saturated carbocycles. The van der Waals surface area contributed by atoms with Crippen molar-refractivity contribution < 1.29 is 4.79 Å². The van der Waals surface area contributed by atoms with Crippen LogP contribution in [0.4, 0.5) is 0 Å². The van der Waals surface area contributed by atoms with Crippen LogP contribution in [0.1, 0.15) is 27.9 Å². The first-order valence-electron chi connectivity index (χ1n) is 9.63. The molecule has 2 aromatic carbocycles. The SMILES string of the molecule is Cn1c(Cc2ccccc2)nnc1SCC(=O)NC(c1ccccc1)c1cccs1. The van der Waals surface area contributed by atoms with Gasteiger partial charge in [-0.25, -0.2) is 0 Å². The minimum absolute atomic E-state index is 0.0325. The Morgan fingerprint density at radius 2 is 1.77 bits per heavy atom. The van der Waals surface area contributed by atoms with Gasteiger partial charge in [0.2, 0.25) is 5.91 Å². The van der Waals surface area contributed by atoms with Crippen molar-refractivity contribution in [1.82, 2.24) is 20.1 Å². The number of carbonyl (C=O) groups is 1. The number of carbonyl (C=O) groups excluding carboxylic acids is 1. The molecule has 0 saturated heterocycles. The predicted molar refractivity (Wildman–Crippen MR) is 122 cm³/mol. The molecule has 2 aromatic heterocycles. The summed E-state index contributed by atoms with van der Waals surface area (Å²) in [5, 5.41) is 14.5. The van der Waals surface area contributed by atoms with Gasteiger partial charge < -0.3 is 9.88 Å². The van der Waals surface area contributed by atoms with Crippen molar-refractivity contribution in [1.29, 1.82) is 0 Å². The van der Waals surface area contributed by atoms with Gasteiger partial charge in [0, 0.05) is 18.3 Å². The first-order valence-corrected chi connectivity index (χ1v) is 11.5. The molecule has 0 aliphatic rings. The molecule has 0 spiro atoms. The molecule has 0 aliphatic carbocycles. The lowest BCUT2D eigenvalue weighted by Crippen LogP contribution is -2.30. The van der Waals surface area contributed by atoms with Crippen LogP contribution in [0.3, 0.4) is 0 Å². The predicted octanol–water partition coefficient (Wildman–Crippen LogP) is 4.47. The molecule has 0 aliphatic heterocycles. The van der Waals surface area contributed by atoms with Crippen LogP contribution in [0, 0.1) is 0 Å². The average Bonchev–Trinajstić information content (AvgIpc) is 3.43. The topological polar surface area (TPSA) is 59.8 Å². The van der Waals surface area contributed by atoms with Gasteiger partial charge in [-0.2, -0.15) is 0 Å². The summed E-state index contributed by atoms with van der Waals surface area (Å²) in [5.41, 5.74) is 2.26. The van der Waals surface area contributed by atoms with E-state index in [1.54, 1.807) is 11.3 Å². The second kappa shape index (κ2) is 9.73. The molecule has 152 valence electrons. The smallest absolute Gasteiger partial charge is 0.231 e. The van der Waals surface area contributed by atoms with Crippen LogP contribution in [-0.2, 0) is 18.3 Å². The Morgan fingerprint density at radius 3 is 2.47 bits per heavy atom. The Bertz CT molecular complexity index is 1080. The molecular weight excluding hydrogens is 412 g/mol. The number of amides is 1. The van der Waals surface area contributed by atoms with Gasteiger partial charge in [0.15, 0.2) is 5.16 Å². The van der Waals surface area contributed by atoms with Crippen molar-refractivity contribution in [3.05, 3.63) is 100 Å². The zero-order valence-electron chi connectivity index (χ0n) is 16.6. The van der Waals surface area contributed by atoms with Gasteiger partial charge in [0.05, 0.1) is 11.8 Å². The van der Waals surface area contributed by atoms with Crippen molar-refractivity contribution in [3.8, 4) is 0 Å². The van der Waals surface area contributed by atoms with E-state index in [1.807, 2.05) is 77.7 Å². The quantitative estimate of drug-likeness (QED) is 0.416. The molecule has 0 radical (unpaired) electrons. The van der Waals surface area contributed by atoms with E-state index >= 15 is 0 Å². The number of aromatic nitrogens is 3. The Kier molecular flexibility index (Phi) is 6.61. The molecule has 4 rings (SSSR count). The lowest BCUT2D eigenvalue weighted by atomic mass is 10.1. The number of hydrogen-bond donors (Lipinski definition) is 1. The molecule has 2 heterocycles. The number of hydrogen-bond acceptors (Lipinski definition) is 5. The molecule has 1 atom stereocenters. The third kappa shape index (κ3) is 4.98. The minimum Gasteiger partial charge on any atom is -0.344 e. The number of nitrogens with zero attached hydrogens (tertiary/aromatic N) is 3. The van der Waals surface area contributed by atoms with E-state index in [0.29, 0.717) is 6.42 Å². The van der Waals surface area contributed by atoms with Crippen LogP contribution >= 0.6 is 23.1 Å². The highest BCUT2D eigenvalue weighted by molar-refractivity contribution is 7.99. The minimum atomic E-state index is -0.146. The fourth-order valence-electron chi connectivity index (χ4n) is 3.16. The number of thioether (sulfide) groups is 1. The van der Waals surface area contributed by atoms with Gasteiger partial charge in [-0.3, -0.25) is 4.79 Å². The Labute approximate surface area is 184 Å². The van der Waals surface area contributed by atoms with E-state index in [0.717, 1.165) is 21.4 Å². The second-order valence-electron chi connectivity index (χ2n) is 6.84. The summed E-state index contributed by atoms with van der Waals surface area (Å²) in [4.78, 5) is 13.8. The lowest BCUT2D eigenvalue weighted by Gasteiger charge is -2.18. The van der Waals surface area contributed by atoms with Crippen LogP contribution in [0.25, 0.3) is 0 Å². The highest BCUT2D eigenvalue weighted by Crippen LogP contribution is 2.26. The maximum absolute atomic E-state index is 12.7. The Morgan fingerprint density at radius 1 is 1.03 bits per heavy atom. The second-order valence-corrected chi connectivity index (χ2v) is 8.76. The van der Waals surface area contributed by atoms with Gasteiger partial charge in [-0.05, 0) is 22.6 Å². The monoisotopic (exact) mass is 434 g/mol. The lowest BCUT2D eigenvalue weighted by molar-refractivity contribution is -0.119. The first-order chi connectivity index (χ1) is 14.7. The Hall–Kier alpha value is -2.90. The number of nitrogens with one attached hydrogen (secondary N) is 1. The molecule has 0 fully saturated rings. The third-order valence-corrected chi connectivity index (χ3v) is 6.69. The van der Waals surface area contributed by atoms with Gasteiger partial charge in [0.1, 0.15) is 5.82 Å². The van der Waals surface area contributed by atoms with Crippen LogP contribution in [0.5, 0.6) is 0 Å². The van der Waals surface area contributed by atoms with E-state index in [4.69, 9.17) is 0 Å². The van der Waals surface area contributed by atoms with Crippen molar-refractivity contribution in [2.45, 2.75) is 17.6 Å². The van der Waals surface area contributed by atoms with E-state index in [-0.39, 0.29) is 17.7 Å². The van der Waals surface area contributed by atoms with Crippen LogP contribution in [0.2, 0.25) is 0 Å². The summed E-state index contributed by atoms with van der Waals surface area (Å²) in [6.45, 7) is 0. The van der Waals surface area contributed by atoms with E-state index < -0.39 is 0 Å². The number of thiophene rings is 1. The highest BCUT2D eigenvalue weighted by atomic mass is 32.2. The molecule has 1 amide bonds. The number of rotatable bonds is 8. The summed E-state index contributed by atoms with van der Waals surface area (Å²) in [7, 11) is 1.94. The largest absolute Gasteiger partial charge is 0.344 e. The maximum atomic E-state index is 12.7. The highest BCUT2D eigenvalue weighted by Gasteiger charge is 2.19. The first kappa shape index (κ1) is 20.4. The zero-order valence-corrected chi connectivity index (χ0v) is 18.2. The molecule has 4 aromatic rings. The Balaban J connectivity index is 1.39. The van der Waals surface area contributed by atoms with Crippen molar-refractivity contribution in [2.75, 3.05) is 5.75 Å². The molecule has 7 heteroatoms. The van der Waals surface area contributed by atoms with Gasteiger partial charge in [0.25, 0.3) is 0 Å². The van der Waals surface area contributed by atoms with Gasteiger partial charge >= 0.3 is 0 Å². The summed E-state index contributed by atoms with van der Waals surface area (Å²) < 4.78 is 1.96. The van der Waals surface area contributed by atoms with E-state index in [2.05, 4.69) is 27.6 Å². The molecule has 5 nitrogen and oxygen atoms in total. The summed E-state index contributed by atoms with van der Waals surface area (Å²) in [5.74, 6) is 1.13. The van der Waals surface area contributed by atoms with Crippen LogP contribution in [0.15, 0.2) is 83.3 Å². The standard InChI is InChI=1S/C23H22N4OS2/c1-27-20(15-17-9-4-2-5-10-17)25-26-23(27)30-16-21(28)24-22(19-13-8-14-29-19)18-11-6-3-7-12-18/h2-14,22H,15-16H2,1H3,(H,24,28). The van der Waals surface area contributed by atoms with Crippen molar-refractivity contribution >= 4 is 29.0 Å². The van der Waals surface area contributed by atoms with E-state index in [1.165, 1.54) is 17.3 Å². The molecular formula is C23H22N4OS2. The molecule has 1 N–H and O–H groups in total. The summed E-state index contributed by atoms with van der Waals surface area (Å²) in [6, 6.07) is 24.1. The van der Waals surface area contributed by atoms with Crippen LogP contribution in [-0.4, -0.2) is 26.4 Å². The molecule has 30 heavy (non-hydrogen) atoms. The third-order valence-electron chi connectivity index (χ3n) is 4.73. The molecule has 0 bridgehead atoms. The number of benzene rings is 2. The fourth-order valence-corrected chi connectivity index (χ4v) is 4.70. The van der Waals surface area contributed by atoms with Crippen molar-refractivity contribution in [3.63, 3.8) is 0 Å². The zero-order chi connectivity index (χ0) is 20.8. The fraction of sp³-hybridized carbons (Fsp3) is 0.174. The van der Waals surface area contributed by atoms with E-state index in [9.17, 15) is 4.79 Å². The van der Waals surface area contributed by atoms with Crippen molar-refractivity contribution in [2.24, 2.45) is 7.05 Å². The van der Waals surface area contributed by atoms with Gasteiger partial charge in [-0.1, -0.05) is 78.5 Å². The van der Waals surface area contributed by atoms with Gasteiger partial charge in [-0.15, -0.1) is 21.5 Å². The molecule has 1 unspecified atom stereocenters. The van der Waals surface area contributed by atoms with Crippen LogP contribution < -0.4 is 5.32 Å². The maximum Gasteiger partial charge on any atom is 0.231 e. The summed E-state index contributed by atoms with van der Waals surface area (Å²) >= 11 is 3.04.